The van der Waals surface area contributed by atoms with Gasteiger partial charge in [-0.3, -0.25) is 0 Å². The predicted octanol–water partition coefficient (Wildman–Crippen LogP) is 5.46. The Morgan fingerprint density at radius 3 is 2.47 bits per heavy atom. The van der Waals surface area contributed by atoms with Gasteiger partial charge in [-0.15, -0.1) is 0 Å². The van der Waals surface area contributed by atoms with E-state index in [4.69, 9.17) is 16.3 Å². The van der Waals surface area contributed by atoms with E-state index in [2.05, 4.69) is 6.92 Å². The molecule has 0 heterocycles. The molecule has 1 fully saturated rings. The van der Waals surface area contributed by atoms with E-state index in [9.17, 15) is 0 Å². The van der Waals surface area contributed by atoms with Gasteiger partial charge in [-0.05, 0) is 42.4 Å². The number of hydrogen-bond acceptors (Lipinski definition) is 1. The Hall–Kier alpha value is -0.530. The minimum atomic E-state index is 0.707. The van der Waals surface area contributed by atoms with Crippen molar-refractivity contribution in [3.63, 3.8) is 0 Å². The van der Waals surface area contributed by atoms with Crippen molar-refractivity contribution >= 4 is 11.6 Å². The number of rotatable bonds is 6. The number of halogens is 1. The smallest absolute Gasteiger partial charge is 0.0716 e. The van der Waals surface area contributed by atoms with Crippen LogP contribution in [-0.4, -0.2) is 6.61 Å². The van der Waals surface area contributed by atoms with Gasteiger partial charge in [0.15, 0.2) is 0 Å². The third-order valence-corrected chi connectivity index (χ3v) is 4.47. The average molecular weight is 281 g/mol. The van der Waals surface area contributed by atoms with Gasteiger partial charge in [0.1, 0.15) is 0 Å². The molecule has 1 aliphatic carbocycles. The SMILES string of the molecule is CC1CCC(CCCOCc2ccc(Cl)cc2)CC1. The number of benzene rings is 1. The normalized spacial score (nSPS) is 23.5. The van der Waals surface area contributed by atoms with E-state index in [0.29, 0.717) is 6.61 Å². The van der Waals surface area contributed by atoms with Gasteiger partial charge in [0.05, 0.1) is 6.61 Å². The van der Waals surface area contributed by atoms with Crippen LogP contribution in [0.3, 0.4) is 0 Å². The van der Waals surface area contributed by atoms with Crippen LogP contribution >= 0.6 is 11.6 Å². The minimum Gasteiger partial charge on any atom is -0.377 e. The fraction of sp³-hybridized carbons (Fsp3) is 0.647. The quantitative estimate of drug-likeness (QED) is 0.629. The first kappa shape index (κ1) is 14.9. The second-order valence-corrected chi connectivity index (χ2v) is 6.38. The van der Waals surface area contributed by atoms with Gasteiger partial charge < -0.3 is 4.74 Å². The summed E-state index contributed by atoms with van der Waals surface area (Å²) < 4.78 is 5.73. The summed E-state index contributed by atoms with van der Waals surface area (Å²) >= 11 is 5.85. The molecule has 0 saturated heterocycles. The lowest BCUT2D eigenvalue weighted by molar-refractivity contribution is 0.111. The number of hydrogen-bond donors (Lipinski definition) is 0. The molecule has 0 N–H and O–H groups in total. The third kappa shape index (κ3) is 5.54. The van der Waals surface area contributed by atoms with Crippen LogP contribution in [0, 0.1) is 11.8 Å². The van der Waals surface area contributed by atoms with E-state index in [0.717, 1.165) is 23.5 Å². The number of ether oxygens (including phenoxy) is 1. The van der Waals surface area contributed by atoms with Gasteiger partial charge >= 0.3 is 0 Å². The van der Waals surface area contributed by atoms with Crippen LogP contribution in [0.1, 0.15) is 51.0 Å². The second kappa shape index (κ2) is 7.91. The molecule has 2 heteroatoms. The Morgan fingerprint density at radius 1 is 1.11 bits per heavy atom. The van der Waals surface area contributed by atoms with Crippen molar-refractivity contribution < 1.29 is 4.74 Å². The molecule has 1 nitrogen and oxygen atoms in total. The van der Waals surface area contributed by atoms with Crippen molar-refractivity contribution in [3.05, 3.63) is 34.9 Å². The van der Waals surface area contributed by atoms with Crippen molar-refractivity contribution in [2.24, 2.45) is 11.8 Å². The molecular weight excluding hydrogens is 256 g/mol. The van der Waals surface area contributed by atoms with Gasteiger partial charge in [0.25, 0.3) is 0 Å². The maximum Gasteiger partial charge on any atom is 0.0716 e. The van der Waals surface area contributed by atoms with Crippen LogP contribution in [-0.2, 0) is 11.3 Å². The molecule has 1 aromatic carbocycles. The molecule has 1 aliphatic rings. The first-order valence-electron chi connectivity index (χ1n) is 7.56. The van der Waals surface area contributed by atoms with Crippen LogP contribution < -0.4 is 0 Å². The maximum atomic E-state index is 5.85. The molecule has 19 heavy (non-hydrogen) atoms. The Labute approximate surface area is 122 Å². The lowest BCUT2D eigenvalue weighted by atomic mass is 9.81. The van der Waals surface area contributed by atoms with Crippen LogP contribution in [0.15, 0.2) is 24.3 Å². The lowest BCUT2D eigenvalue weighted by Crippen LogP contribution is -2.12. The summed E-state index contributed by atoms with van der Waals surface area (Å²) in [5.41, 5.74) is 1.20. The van der Waals surface area contributed by atoms with Crippen molar-refractivity contribution in [1.82, 2.24) is 0 Å². The molecule has 106 valence electrons. The van der Waals surface area contributed by atoms with Crippen LogP contribution in [0.25, 0.3) is 0 Å². The topological polar surface area (TPSA) is 9.23 Å². The molecule has 0 aromatic heterocycles. The Balaban J connectivity index is 1.53. The third-order valence-electron chi connectivity index (χ3n) is 4.22. The Morgan fingerprint density at radius 2 is 1.79 bits per heavy atom. The van der Waals surface area contributed by atoms with E-state index in [1.54, 1.807) is 0 Å². The molecule has 0 amide bonds. The molecule has 1 aromatic rings. The first-order chi connectivity index (χ1) is 9.24. The maximum absolute atomic E-state index is 5.85. The standard InChI is InChI=1S/C17H25ClO/c1-14-4-6-15(7-5-14)3-2-12-19-13-16-8-10-17(18)11-9-16/h8-11,14-15H,2-7,12-13H2,1H3. The molecule has 0 spiro atoms. The summed E-state index contributed by atoms with van der Waals surface area (Å²) in [5, 5.41) is 0.787. The zero-order valence-corrected chi connectivity index (χ0v) is 12.7. The Kier molecular flexibility index (Phi) is 6.19. The summed E-state index contributed by atoms with van der Waals surface area (Å²) in [6, 6.07) is 7.91. The highest BCUT2D eigenvalue weighted by Gasteiger charge is 2.17. The molecule has 2 rings (SSSR count). The molecule has 0 radical (unpaired) electrons. The van der Waals surface area contributed by atoms with E-state index >= 15 is 0 Å². The predicted molar refractivity (Wildman–Crippen MR) is 81.5 cm³/mol. The monoisotopic (exact) mass is 280 g/mol. The van der Waals surface area contributed by atoms with Gasteiger partial charge in [-0.25, -0.2) is 0 Å². The Bertz CT molecular complexity index is 352. The molecule has 0 unspecified atom stereocenters. The molecule has 0 bridgehead atoms. The zero-order valence-electron chi connectivity index (χ0n) is 11.9. The van der Waals surface area contributed by atoms with Crippen molar-refractivity contribution in [3.8, 4) is 0 Å². The minimum absolute atomic E-state index is 0.707. The van der Waals surface area contributed by atoms with E-state index in [-0.39, 0.29) is 0 Å². The van der Waals surface area contributed by atoms with Gasteiger partial charge in [0, 0.05) is 11.6 Å². The summed E-state index contributed by atoms with van der Waals surface area (Å²) in [7, 11) is 0. The lowest BCUT2D eigenvalue weighted by Gasteiger charge is -2.25. The average Bonchev–Trinajstić information content (AvgIpc) is 2.43. The van der Waals surface area contributed by atoms with E-state index in [1.807, 2.05) is 24.3 Å². The summed E-state index contributed by atoms with van der Waals surface area (Å²) in [6.07, 6.45) is 8.25. The van der Waals surface area contributed by atoms with Gasteiger partial charge in [0.2, 0.25) is 0 Å². The van der Waals surface area contributed by atoms with Crippen molar-refractivity contribution in [2.75, 3.05) is 6.61 Å². The second-order valence-electron chi connectivity index (χ2n) is 5.95. The van der Waals surface area contributed by atoms with Crippen LogP contribution in [0.2, 0.25) is 5.02 Å². The van der Waals surface area contributed by atoms with Gasteiger partial charge in [-0.1, -0.05) is 56.3 Å². The molecule has 0 aliphatic heterocycles. The molecule has 0 atom stereocenters. The summed E-state index contributed by atoms with van der Waals surface area (Å²) in [5.74, 6) is 1.91. The summed E-state index contributed by atoms with van der Waals surface area (Å²) in [6.45, 7) is 3.97. The fourth-order valence-corrected chi connectivity index (χ4v) is 2.99. The van der Waals surface area contributed by atoms with Crippen molar-refractivity contribution in [1.29, 1.82) is 0 Å². The van der Waals surface area contributed by atoms with E-state index < -0.39 is 0 Å². The summed E-state index contributed by atoms with van der Waals surface area (Å²) in [4.78, 5) is 0. The largest absolute Gasteiger partial charge is 0.377 e. The highest BCUT2D eigenvalue weighted by molar-refractivity contribution is 6.30. The van der Waals surface area contributed by atoms with Crippen LogP contribution in [0.5, 0.6) is 0 Å². The highest BCUT2D eigenvalue weighted by atomic mass is 35.5. The molecular formula is C17H25ClO. The van der Waals surface area contributed by atoms with E-state index in [1.165, 1.54) is 44.1 Å². The fourth-order valence-electron chi connectivity index (χ4n) is 2.86. The van der Waals surface area contributed by atoms with Crippen molar-refractivity contribution in [2.45, 2.75) is 52.1 Å². The first-order valence-corrected chi connectivity index (χ1v) is 7.94. The highest BCUT2D eigenvalue weighted by Crippen LogP contribution is 2.30. The van der Waals surface area contributed by atoms with Crippen LogP contribution in [0.4, 0.5) is 0 Å². The molecule has 1 saturated carbocycles. The van der Waals surface area contributed by atoms with Gasteiger partial charge in [-0.2, -0.15) is 0 Å². The zero-order chi connectivity index (χ0) is 13.5.